The average Bonchev–Trinajstić information content (AvgIpc) is 2.56. The first-order valence-electron chi connectivity index (χ1n) is 6.86. The van der Waals surface area contributed by atoms with Gasteiger partial charge in [0.2, 0.25) is 5.91 Å². The Bertz CT molecular complexity index is 877. The number of anilines is 1. The molecule has 2 aromatic rings. The minimum absolute atomic E-state index is 0.00277. The number of H-pyrrole nitrogens is 1. The lowest BCUT2D eigenvalue weighted by atomic mass is 10.2. The molecule has 124 valence electrons. The molecule has 0 radical (unpaired) electrons. The van der Waals surface area contributed by atoms with Crippen LogP contribution in [0.2, 0.25) is 10.0 Å². The van der Waals surface area contributed by atoms with Crippen molar-refractivity contribution < 1.29 is 4.79 Å². The predicted octanol–water partition coefficient (Wildman–Crippen LogP) is 3.24. The molecule has 0 atom stereocenters. The molecule has 24 heavy (non-hydrogen) atoms. The van der Waals surface area contributed by atoms with Gasteiger partial charge in [0, 0.05) is 0 Å². The van der Waals surface area contributed by atoms with E-state index in [9.17, 15) is 9.59 Å². The maximum Gasteiger partial charge on any atom is 0.269 e. The van der Waals surface area contributed by atoms with Gasteiger partial charge in [0.25, 0.3) is 5.56 Å². The molecular weight excluding hydrogens is 371 g/mol. The van der Waals surface area contributed by atoms with E-state index >= 15 is 0 Å². The highest BCUT2D eigenvalue weighted by molar-refractivity contribution is 7.99. The highest BCUT2D eigenvalue weighted by atomic mass is 35.5. The summed E-state index contributed by atoms with van der Waals surface area (Å²) in [6.07, 6.45) is 0.449. The fourth-order valence-electron chi connectivity index (χ4n) is 1.86. The van der Waals surface area contributed by atoms with Crippen molar-refractivity contribution >= 4 is 46.6 Å². The van der Waals surface area contributed by atoms with Crippen LogP contribution in [-0.2, 0) is 11.2 Å². The zero-order valence-electron chi connectivity index (χ0n) is 12.5. The number of carbonyl (C=O) groups excluding carboxylic acids is 1. The van der Waals surface area contributed by atoms with Crippen molar-refractivity contribution in [3.8, 4) is 6.07 Å². The Balaban J connectivity index is 2.07. The maximum atomic E-state index is 12.0. The molecule has 0 aliphatic carbocycles. The standard InChI is InChI=1S/C15H12Cl2N4O2S/c1-2-10-8(6-18)14(23)21-15(20-10)24-7-12(22)19-11-5-3-4-9(16)13(11)17/h3-5H,2,7H2,1H3,(H,19,22)(H,20,21,23). The zero-order chi connectivity index (χ0) is 17.7. The van der Waals surface area contributed by atoms with E-state index in [1.807, 2.05) is 6.07 Å². The Kier molecular flexibility index (Phi) is 6.26. The van der Waals surface area contributed by atoms with E-state index < -0.39 is 5.56 Å². The van der Waals surface area contributed by atoms with Crippen LogP contribution >= 0.6 is 35.0 Å². The van der Waals surface area contributed by atoms with Gasteiger partial charge >= 0.3 is 0 Å². The van der Waals surface area contributed by atoms with Crippen LogP contribution in [0.15, 0.2) is 28.2 Å². The molecular formula is C15H12Cl2N4O2S. The van der Waals surface area contributed by atoms with Crippen molar-refractivity contribution in [1.29, 1.82) is 5.26 Å². The number of aromatic nitrogens is 2. The molecule has 1 aromatic carbocycles. The van der Waals surface area contributed by atoms with Crippen LogP contribution in [0.5, 0.6) is 0 Å². The summed E-state index contributed by atoms with van der Waals surface area (Å²) in [7, 11) is 0. The van der Waals surface area contributed by atoms with Gasteiger partial charge in [-0.1, -0.05) is 48.0 Å². The van der Waals surface area contributed by atoms with Gasteiger partial charge in [-0.25, -0.2) is 4.98 Å². The van der Waals surface area contributed by atoms with E-state index in [2.05, 4.69) is 15.3 Å². The normalized spacial score (nSPS) is 10.2. The van der Waals surface area contributed by atoms with Gasteiger partial charge in [0.05, 0.1) is 27.2 Å². The Morgan fingerprint density at radius 2 is 2.21 bits per heavy atom. The monoisotopic (exact) mass is 382 g/mol. The molecule has 0 aliphatic heterocycles. The molecule has 1 amide bonds. The van der Waals surface area contributed by atoms with Gasteiger partial charge in [-0.05, 0) is 18.6 Å². The van der Waals surface area contributed by atoms with E-state index in [0.29, 0.717) is 22.8 Å². The molecule has 0 aliphatic rings. The molecule has 2 rings (SSSR count). The lowest BCUT2D eigenvalue weighted by Gasteiger charge is -2.08. The third-order valence-corrected chi connectivity index (χ3v) is 4.68. The van der Waals surface area contributed by atoms with Gasteiger partial charge in [0.1, 0.15) is 11.6 Å². The summed E-state index contributed by atoms with van der Waals surface area (Å²) in [4.78, 5) is 30.5. The lowest BCUT2D eigenvalue weighted by molar-refractivity contribution is -0.113. The van der Waals surface area contributed by atoms with Crippen LogP contribution in [0.3, 0.4) is 0 Å². The molecule has 0 bridgehead atoms. The Hall–Kier alpha value is -2.01. The van der Waals surface area contributed by atoms with Gasteiger partial charge < -0.3 is 10.3 Å². The van der Waals surface area contributed by atoms with Crippen molar-refractivity contribution in [2.45, 2.75) is 18.5 Å². The molecule has 6 nitrogen and oxygen atoms in total. The summed E-state index contributed by atoms with van der Waals surface area (Å²) in [5.41, 5.74) is 0.300. The van der Waals surface area contributed by atoms with Crippen molar-refractivity contribution in [2.24, 2.45) is 0 Å². The van der Waals surface area contributed by atoms with Gasteiger partial charge in [0.15, 0.2) is 5.16 Å². The summed E-state index contributed by atoms with van der Waals surface area (Å²) in [6, 6.07) is 6.75. The van der Waals surface area contributed by atoms with Gasteiger partial charge in [-0.3, -0.25) is 9.59 Å². The number of halogens is 2. The fourth-order valence-corrected chi connectivity index (χ4v) is 2.88. The molecule has 9 heteroatoms. The molecule has 0 fully saturated rings. The number of benzene rings is 1. The van der Waals surface area contributed by atoms with Crippen molar-refractivity contribution in [3.63, 3.8) is 0 Å². The molecule has 0 saturated heterocycles. The first-order chi connectivity index (χ1) is 11.5. The Morgan fingerprint density at radius 3 is 2.88 bits per heavy atom. The first kappa shape index (κ1) is 18.3. The number of nitrogens with zero attached hydrogens (tertiary/aromatic N) is 2. The summed E-state index contributed by atoms with van der Waals surface area (Å²) in [6.45, 7) is 1.80. The van der Waals surface area contributed by atoms with Crippen LogP contribution in [0.25, 0.3) is 0 Å². The molecule has 0 spiro atoms. The lowest BCUT2D eigenvalue weighted by Crippen LogP contribution is -2.18. The van der Waals surface area contributed by atoms with Crippen LogP contribution in [0, 0.1) is 11.3 Å². The molecule has 1 heterocycles. The van der Waals surface area contributed by atoms with Gasteiger partial charge in [-0.2, -0.15) is 5.26 Å². The van der Waals surface area contributed by atoms with Crippen molar-refractivity contribution in [2.75, 3.05) is 11.1 Å². The Labute approximate surface area is 152 Å². The number of carbonyl (C=O) groups is 1. The van der Waals surface area contributed by atoms with E-state index in [0.717, 1.165) is 11.8 Å². The quantitative estimate of drug-likeness (QED) is 0.610. The maximum absolute atomic E-state index is 12.0. The zero-order valence-corrected chi connectivity index (χ0v) is 14.8. The topological polar surface area (TPSA) is 98.6 Å². The minimum Gasteiger partial charge on any atom is -0.324 e. The summed E-state index contributed by atoms with van der Waals surface area (Å²) in [5, 5.41) is 12.5. The van der Waals surface area contributed by atoms with Crippen molar-refractivity contribution in [3.05, 3.63) is 49.9 Å². The number of nitriles is 1. The fraction of sp³-hybridized carbons (Fsp3) is 0.200. The minimum atomic E-state index is -0.509. The van der Waals surface area contributed by atoms with Crippen molar-refractivity contribution in [1.82, 2.24) is 9.97 Å². The number of hydrogen-bond donors (Lipinski definition) is 2. The highest BCUT2D eigenvalue weighted by Gasteiger charge is 2.12. The largest absolute Gasteiger partial charge is 0.324 e. The summed E-state index contributed by atoms with van der Waals surface area (Å²) >= 11 is 12.9. The van der Waals surface area contributed by atoms with Crippen LogP contribution in [0.1, 0.15) is 18.2 Å². The second-order valence-electron chi connectivity index (χ2n) is 4.60. The molecule has 0 saturated carbocycles. The number of aryl methyl sites for hydroxylation is 1. The van der Waals surface area contributed by atoms with Crippen LogP contribution < -0.4 is 10.9 Å². The van der Waals surface area contributed by atoms with Crippen LogP contribution in [-0.4, -0.2) is 21.6 Å². The van der Waals surface area contributed by atoms with E-state index in [4.69, 9.17) is 28.5 Å². The molecule has 1 aromatic heterocycles. The first-order valence-corrected chi connectivity index (χ1v) is 8.60. The second kappa shape index (κ2) is 8.20. The number of rotatable bonds is 5. The summed E-state index contributed by atoms with van der Waals surface area (Å²) in [5.74, 6) is -0.310. The number of amides is 1. The predicted molar refractivity (Wildman–Crippen MR) is 94.8 cm³/mol. The number of hydrogen-bond acceptors (Lipinski definition) is 5. The van der Waals surface area contributed by atoms with E-state index in [1.54, 1.807) is 25.1 Å². The smallest absolute Gasteiger partial charge is 0.269 e. The van der Waals surface area contributed by atoms with E-state index in [1.165, 1.54) is 0 Å². The number of aromatic amines is 1. The average molecular weight is 383 g/mol. The third-order valence-electron chi connectivity index (χ3n) is 2.98. The van der Waals surface area contributed by atoms with Crippen LogP contribution in [0.4, 0.5) is 5.69 Å². The van der Waals surface area contributed by atoms with E-state index in [-0.39, 0.29) is 27.4 Å². The third kappa shape index (κ3) is 4.29. The highest BCUT2D eigenvalue weighted by Crippen LogP contribution is 2.29. The Morgan fingerprint density at radius 1 is 1.46 bits per heavy atom. The number of thioether (sulfide) groups is 1. The molecule has 0 unspecified atom stereocenters. The SMILES string of the molecule is CCc1nc(SCC(=O)Nc2cccc(Cl)c2Cl)[nH]c(=O)c1C#N. The summed E-state index contributed by atoms with van der Waals surface area (Å²) < 4.78 is 0. The van der Waals surface area contributed by atoms with Gasteiger partial charge in [-0.15, -0.1) is 0 Å². The molecule has 2 N–H and O–H groups in total. The second-order valence-corrected chi connectivity index (χ2v) is 6.35. The number of nitrogens with one attached hydrogen (secondary N) is 2.